The van der Waals surface area contributed by atoms with E-state index in [9.17, 15) is 13.2 Å². The van der Waals surface area contributed by atoms with Crippen LogP contribution in [0.4, 0.5) is 11.4 Å². The van der Waals surface area contributed by atoms with E-state index in [1.54, 1.807) is 25.3 Å². The summed E-state index contributed by atoms with van der Waals surface area (Å²) in [5.41, 5.74) is 1.25. The van der Waals surface area contributed by atoms with Crippen molar-refractivity contribution in [2.24, 2.45) is 0 Å². The van der Waals surface area contributed by atoms with Gasteiger partial charge in [-0.25, -0.2) is 8.42 Å². The van der Waals surface area contributed by atoms with Gasteiger partial charge in [-0.1, -0.05) is 12.1 Å². The number of anilines is 2. The number of benzene rings is 2. The molecule has 0 aliphatic carbocycles. The van der Waals surface area contributed by atoms with Gasteiger partial charge in [0.1, 0.15) is 5.75 Å². The van der Waals surface area contributed by atoms with Gasteiger partial charge >= 0.3 is 0 Å². The Morgan fingerprint density at radius 2 is 1.74 bits per heavy atom. The molecular formula is C16H18N2O4S. The smallest absolute Gasteiger partial charge is 0.243 e. The summed E-state index contributed by atoms with van der Waals surface area (Å²) in [5, 5.41) is 5.68. The molecule has 0 unspecified atom stereocenters. The lowest BCUT2D eigenvalue weighted by Crippen LogP contribution is -2.21. The van der Waals surface area contributed by atoms with Gasteiger partial charge in [0.05, 0.1) is 24.2 Å². The van der Waals surface area contributed by atoms with Gasteiger partial charge in [-0.2, -0.15) is 0 Å². The first-order valence-corrected chi connectivity index (χ1v) is 8.76. The fraction of sp³-hybridized carbons (Fsp3) is 0.188. The van der Waals surface area contributed by atoms with Crippen LogP contribution in [-0.4, -0.2) is 34.2 Å². The number of ether oxygens (including phenoxy) is 1. The zero-order chi connectivity index (χ0) is 16.9. The molecule has 0 fully saturated rings. The van der Waals surface area contributed by atoms with Gasteiger partial charge in [-0.3, -0.25) is 4.79 Å². The topological polar surface area (TPSA) is 84.5 Å². The number of rotatable bonds is 6. The van der Waals surface area contributed by atoms with Crippen LogP contribution in [-0.2, 0) is 14.6 Å². The minimum atomic E-state index is -3.24. The van der Waals surface area contributed by atoms with Gasteiger partial charge in [-0.05, 0) is 36.4 Å². The van der Waals surface area contributed by atoms with Crippen LogP contribution < -0.4 is 15.4 Å². The van der Waals surface area contributed by atoms with Crippen LogP contribution in [0, 0.1) is 0 Å². The van der Waals surface area contributed by atoms with Crippen LogP contribution in [0.3, 0.4) is 0 Å². The van der Waals surface area contributed by atoms with Gasteiger partial charge in [0, 0.05) is 11.9 Å². The van der Waals surface area contributed by atoms with Crippen molar-refractivity contribution in [3.05, 3.63) is 48.5 Å². The van der Waals surface area contributed by atoms with Crippen LogP contribution in [0.2, 0.25) is 0 Å². The van der Waals surface area contributed by atoms with Crippen molar-refractivity contribution in [3.63, 3.8) is 0 Å². The third-order valence-electron chi connectivity index (χ3n) is 3.11. The Hall–Kier alpha value is -2.54. The van der Waals surface area contributed by atoms with E-state index in [-0.39, 0.29) is 17.3 Å². The maximum Gasteiger partial charge on any atom is 0.243 e. The van der Waals surface area contributed by atoms with Crippen molar-refractivity contribution in [2.75, 3.05) is 30.5 Å². The highest BCUT2D eigenvalue weighted by atomic mass is 32.2. The summed E-state index contributed by atoms with van der Waals surface area (Å²) >= 11 is 0. The first kappa shape index (κ1) is 16.8. The van der Waals surface area contributed by atoms with E-state index < -0.39 is 9.84 Å². The molecule has 1 amide bonds. The lowest BCUT2D eigenvalue weighted by molar-refractivity contribution is -0.114. The fourth-order valence-corrected chi connectivity index (χ4v) is 2.59. The summed E-state index contributed by atoms with van der Waals surface area (Å²) in [7, 11) is -1.68. The molecule has 0 aliphatic rings. The monoisotopic (exact) mass is 334 g/mol. The van der Waals surface area contributed by atoms with Crippen molar-refractivity contribution in [1.82, 2.24) is 0 Å². The molecule has 0 bridgehead atoms. The van der Waals surface area contributed by atoms with Crippen molar-refractivity contribution >= 4 is 27.1 Å². The average molecular weight is 334 g/mol. The zero-order valence-electron chi connectivity index (χ0n) is 12.9. The molecule has 0 atom stereocenters. The molecule has 0 heterocycles. The number of nitrogens with one attached hydrogen (secondary N) is 2. The Kier molecular flexibility index (Phi) is 5.23. The van der Waals surface area contributed by atoms with Gasteiger partial charge in [0.15, 0.2) is 9.84 Å². The first-order chi connectivity index (χ1) is 10.9. The molecule has 2 aromatic rings. The number of para-hydroxylation sites is 2. The lowest BCUT2D eigenvalue weighted by atomic mass is 10.3. The molecule has 6 nitrogen and oxygen atoms in total. The third kappa shape index (κ3) is 4.72. The summed E-state index contributed by atoms with van der Waals surface area (Å²) in [6, 6.07) is 13.3. The Morgan fingerprint density at radius 3 is 2.35 bits per heavy atom. The van der Waals surface area contributed by atoms with Gasteiger partial charge in [0.2, 0.25) is 5.91 Å². The van der Waals surface area contributed by atoms with Crippen LogP contribution in [0.25, 0.3) is 0 Å². The summed E-state index contributed by atoms with van der Waals surface area (Å²) < 4.78 is 27.9. The minimum absolute atomic E-state index is 0.0637. The van der Waals surface area contributed by atoms with E-state index in [0.717, 1.165) is 11.9 Å². The summed E-state index contributed by atoms with van der Waals surface area (Å²) in [6.07, 6.45) is 1.14. The Labute approximate surface area is 135 Å². The van der Waals surface area contributed by atoms with Crippen LogP contribution >= 0.6 is 0 Å². The summed E-state index contributed by atoms with van der Waals surface area (Å²) in [6.45, 7) is 0.0637. The van der Waals surface area contributed by atoms with Crippen molar-refractivity contribution in [2.45, 2.75) is 4.90 Å². The summed E-state index contributed by atoms with van der Waals surface area (Å²) in [5.74, 6) is 0.404. The molecule has 23 heavy (non-hydrogen) atoms. The zero-order valence-corrected chi connectivity index (χ0v) is 13.7. The van der Waals surface area contributed by atoms with E-state index in [1.165, 1.54) is 12.1 Å². The van der Waals surface area contributed by atoms with Crippen LogP contribution in [0.15, 0.2) is 53.4 Å². The average Bonchev–Trinajstić information content (AvgIpc) is 2.53. The standard InChI is InChI=1S/C16H18N2O4S/c1-22-15-6-4-3-5-14(15)17-11-16(19)18-12-7-9-13(10-8-12)23(2,20)21/h3-10,17H,11H2,1-2H3,(H,18,19). The lowest BCUT2D eigenvalue weighted by Gasteiger charge is -2.11. The maximum absolute atomic E-state index is 11.9. The molecule has 0 aliphatic heterocycles. The molecule has 0 aromatic heterocycles. The van der Waals surface area contributed by atoms with E-state index in [4.69, 9.17) is 4.74 Å². The number of amides is 1. The molecule has 2 aromatic carbocycles. The van der Waals surface area contributed by atoms with Crippen molar-refractivity contribution in [1.29, 1.82) is 0 Å². The molecule has 2 rings (SSSR count). The van der Waals surface area contributed by atoms with Crippen LogP contribution in [0.1, 0.15) is 0 Å². The van der Waals surface area contributed by atoms with Crippen molar-refractivity contribution in [3.8, 4) is 5.75 Å². The minimum Gasteiger partial charge on any atom is -0.495 e. The molecule has 0 spiro atoms. The Bertz CT molecular complexity index is 786. The molecule has 0 saturated carbocycles. The van der Waals surface area contributed by atoms with Gasteiger partial charge in [-0.15, -0.1) is 0 Å². The maximum atomic E-state index is 11.9. The number of hydrogen-bond donors (Lipinski definition) is 2. The normalized spacial score (nSPS) is 10.9. The highest BCUT2D eigenvalue weighted by Gasteiger charge is 2.08. The van der Waals surface area contributed by atoms with E-state index in [0.29, 0.717) is 11.4 Å². The predicted octanol–water partition coefficient (Wildman–Crippen LogP) is 2.15. The number of methoxy groups -OCH3 is 1. The second-order valence-corrected chi connectivity index (χ2v) is 6.91. The molecule has 2 N–H and O–H groups in total. The number of sulfone groups is 1. The van der Waals surface area contributed by atoms with Gasteiger partial charge < -0.3 is 15.4 Å². The Balaban J connectivity index is 1.95. The third-order valence-corrected chi connectivity index (χ3v) is 4.24. The Morgan fingerprint density at radius 1 is 1.09 bits per heavy atom. The molecular weight excluding hydrogens is 316 g/mol. The van der Waals surface area contributed by atoms with Gasteiger partial charge in [0.25, 0.3) is 0 Å². The number of carbonyl (C=O) groups excluding carboxylic acids is 1. The molecule has 7 heteroatoms. The number of carbonyl (C=O) groups is 1. The molecule has 0 radical (unpaired) electrons. The first-order valence-electron chi connectivity index (χ1n) is 6.87. The largest absolute Gasteiger partial charge is 0.495 e. The highest BCUT2D eigenvalue weighted by molar-refractivity contribution is 7.90. The quantitative estimate of drug-likeness (QED) is 0.845. The molecule has 122 valence electrons. The molecule has 0 saturated heterocycles. The summed E-state index contributed by atoms with van der Waals surface area (Å²) in [4.78, 5) is 12.1. The highest BCUT2D eigenvalue weighted by Crippen LogP contribution is 2.22. The second-order valence-electron chi connectivity index (χ2n) is 4.90. The number of hydrogen-bond acceptors (Lipinski definition) is 5. The van der Waals surface area contributed by atoms with Crippen LogP contribution in [0.5, 0.6) is 5.75 Å². The van der Waals surface area contributed by atoms with E-state index >= 15 is 0 Å². The van der Waals surface area contributed by atoms with E-state index in [2.05, 4.69) is 10.6 Å². The SMILES string of the molecule is COc1ccccc1NCC(=O)Nc1ccc(S(C)(=O)=O)cc1. The second kappa shape index (κ2) is 7.15. The van der Waals surface area contributed by atoms with Crippen molar-refractivity contribution < 1.29 is 17.9 Å². The predicted molar refractivity (Wildman–Crippen MR) is 89.7 cm³/mol. The van der Waals surface area contributed by atoms with E-state index in [1.807, 2.05) is 18.2 Å². The fourth-order valence-electron chi connectivity index (χ4n) is 1.96.